The van der Waals surface area contributed by atoms with E-state index in [9.17, 15) is 43.2 Å². The average molecular weight is 376 g/mol. The molecule has 0 spiro atoms. The van der Waals surface area contributed by atoms with E-state index in [0.29, 0.717) is 0 Å². The molecule has 22 heavy (non-hydrogen) atoms. The van der Waals surface area contributed by atoms with Crippen molar-refractivity contribution in [3.63, 3.8) is 0 Å². The van der Waals surface area contributed by atoms with Crippen LogP contribution in [0.3, 0.4) is 0 Å². The standard InChI is InChI=1S/C8H6F6O6S2/c9-7(10,11)21(15,16)19-4-5-2-1-3-6(5)20-22(17,18)8(12,13)14/h3-4H,1-2H2/b5-4-. The van der Waals surface area contributed by atoms with Gasteiger partial charge in [0.1, 0.15) is 12.0 Å². The van der Waals surface area contributed by atoms with Crippen molar-refractivity contribution < 1.29 is 51.5 Å². The van der Waals surface area contributed by atoms with E-state index in [0.717, 1.165) is 6.08 Å². The summed E-state index contributed by atoms with van der Waals surface area (Å²) in [6, 6.07) is 0. The SMILES string of the molecule is O=S(=O)(O/C=C1/CCC=C1OS(=O)(=O)C(F)(F)F)C(F)(F)F. The lowest BCUT2D eigenvalue weighted by atomic mass is 10.2. The van der Waals surface area contributed by atoms with Gasteiger partial charge in [-0.3, -0.25) is 0 Å². The predicted molar refractivity (Wildman–Crippen MR) is 57.5 cm³/mol. The number of alkyl halides is 6. The van der Waals surface area contributed by atoms with E-state index in [2.05, 4.69) is 8.37 Å². The van der Waals surface area contributed by atoms with E-state index in [-0.39, 0.29) is 19.1 Å². The second-order valence-corrected chi connectivity index (χ2v) is 6.83. The lowest BCUT2D eigenvalue weighted by Gasteiger charge is -2.12. The molecule has 0 fully saturated rings. The minimum atomic E-state index is -6.03. The molecule has 1 aliphatic carbocycles. The summed E-state index contributed by atoms with van der Waals surface area (Å²) in [7, 11) is -12.0. The minimum absolute atomic E-state index is 0.0203. The summed E-state index contributed by atoms with van der Waals surface area (Å²) in [5.41, 5.74) is -12.1. The summed E-state index contributed by atoms with van der Waals surface area (Å²) in [5, 5.41) is 0. The molecule has 0 bridgehead atoms. The summed E-state index contributed by atoms with van der Waals surface area (Å²) in [5.74, 6) is -0.949. The molecule has 1 aliphatic rings. The predicted octanol–water partition coefficient (Wildman–Crippen LogP) is 2.28. The van der Waals surface area contributed by atoms with E-state index in [4.69, 9.17) is 0 Å². The molecule has 0 radical (unpaired) electrons. The molecule has 6 nitrogen and oxygen atoms in total. The monoisotopic (exact) mass is 376 g/mol. The van der Waals surface area contributed by atoms with Gasteiger partial charge >= 0.3 is 31.3 Å². The van der Waals surface area contributed by atoms with Crippen LogP contribution >= 0.6 is 0 Å². The number of allylic oxidation sites excluding steroid dienone is 2. The van der Waals surface area contributed by atoms with Crippen LogP contribution < -0.4 is 0 Å². The summed E-state index contributed by atoms with van der Waals surface area (Å²) in [6.07, 6.45) is 0.465. The van der Waals surface area contributed by atoms with Crippen LogP contribution in [0.2, 0.25) is 0 Å². The number of halogens is 6. The van der Waals surface area contributed by atoms with Gasteiger partial charge < -0.3 is 8.37 Å². The molecule has 1 rings (SSSR count). The first kappa shape index (κ1) is 18.6. The Kier molecular flexibility index (Phi) is 4.77. The maximum absolute atomic E-state index is 12.1. The molecule has 0 N–H and O–H groups in total. The van der Waals surface area contributed by atoms with Crippen LogP contribution in [0, 0.1) is 0 Å². The van der Waals surface area contributed by atoms with Gasteiger partial charge in [0.25, 0.3) is 0 Å². The van der Waals surface area contributed by atoms with Gasteiger partial charge in [0, 0.05) is 5.57 Å². The first-order chi connectivity index (χ1) is 9.67. The zero-order valence-corrected chi connectivity index (χ0v) is 11.7. The maximum Gasteiger partial charge on any atom is 0.534 e. The Morgan fingerprint density at radius 3 is 1.91 bits per heavy atom. The summed E-state index contributed by atoms with van der Waals surface area (Å²) < 4.78 is 122. The van der Waals surface area contributed by atoms with Gasteiger partial charge in [-0.1, -0.05) is 0 Å². The normalized spacial score (nSPS) is 19.2. The third kappa shape index (κ3) is 4.06. The lowest BCUT2D eigenvalue weighted by molar-refractivity contribution is -0.0520. The Hall–Kier alpha value is -1.44. The fourth-order valence-electron chi connectivity index (χ4n) is 1.16. The lowest BCUT2D eigenvalue weighted by Crippen LogP contribution is -2.25. The van der Waals surface area contributed by atoms with Gasteiger partial charge in [0.05, 0.1) is 0 Å². The van der Waals surface area contributed by atoms with Gasteiger partial charge in [0.15, 0.2) is 0 Å². The zero-order valence-electron chi connectivity index (χ0n) is 10.1. The molecule has 0 aromatic heterocycles. The molecule has 0 saturated heterocycles. The molecule has 0 aromatic carbocycles. The van der Waals surface area contributed by atoms with Crippen LogP contribution in [0.5, 0.6) is 0 Å². The Morgan fingerprint density at radius 2 is 1.45 bits per heavy atom. The topological polar surface area (TPSA) is 86.7 Å². The van der Waals surface area contributed by atoms with E-state index >= 15 is 0 Å². The molecular formula is C8H6F6O6S2. The maximum atomic E-state index is 12.1. The Bertz CT molecular complexity index is 696. The number of hydrogen-bond donors (Lipinski definition) is 0. The van der Waals surface area contributed by atoms with Crippen molar-refractivity contribution >= 4 is 20.2 Å². The molecule has 0 amide bonds. The van der Waals surface area contributed by atoms with E-state index in [1.807, 2.05) is 0 Å². The highest BCUT2D eigenvalue weighted by Crippen LogP contribution is 2.34. The number of rotatable bonds is 4. The second-order valence-electron chi connectivity index (χ2n) is 3.73. The summed E-state index contributed by atoms with van der Waals surface area (Å²) in [6.45, 7) is 0. The van der Waals surface area contributed by atoms with Crippen molar-refractivity contribution in [2.45, 2.75) is 23.9 Å². The summed E-state index contributed by atoms with van der Waals surface area (Å²) in [4.78, 5) is 0. The van der Waals surface area contributed by atoms with Crippen LogP contribution in [-0.2, 0) is 28.6 Å². The fourth-order valence-corrected chi connectivity index (χ4v) is 2.02. The van der Waals surface area contributed by atoms with Crippen molar-refractivity contribution in [1.82, 2.24) is 0 Å². The highest BCUT2D eigenvalue weighted by molar-refractivity contribution is 7.88. The molecule has 0 heterocycles. The molecule has 0 aliphatic heterocycles. The van der Waals surface area contributed by atoms with Crippen molar-refractivity contribution in [1.29, 1.82) is 0 Å². The van der Waals surface area contributed by atoms with Crippen molar-refractivity contribution in [2.24, 2.45) is 0 Å². The molecule has 0 aromatic rings. The first-order valence-corrected chi connectivity index (χ1v) is 7.89. The van der Waals surface area contributed by atoms with Crippen LogP contribution in [0.1, 0.15) is 12.8 Å². The largest absolute Gasteiger partial charge is 0.534 e. The average Bonchev–Trinajstić information content (AvgIpc) is 2.70. The molecule has 128 valence electrons. The van der Waals surface area contributed by atoms with Crippen molar-refractivity contribution in [3.8, 4) is 0 Å². The Labute approximate surface area is 120 Å². The Balaban J connectivity index is 2.96. The molecular weight excluding hydrogens is 370 g/mol. The third-order valence-corrected chi connectivity index (χ3v) is 4.03. The zero-order chi connectivity index (χ0) is 17.4. The van der Waals surface area contributed by atoms with E-state index in [1.165, 1.54) is 0 Å². The van der Waals surface area contributed by atoms with Gasteiger partial charge in [-0.2, -0.15) is 43.2 Å². The summed E-state index contributed by atoms with van der Waals surface area (Å²) >= 11 is 0. The molecule has 0 saturated carbocycles. The van der Waals surface area contributed by atoms with Gasteiger partial charge in [-0.25, -0.2) is 0 Å². The quantitative estimate of drug-likeness (QED) is 0.324. The van der Waals surface area contributed by atoms with Crippen molar-refractivity contribution in [2.75, 3.05) is 0 Å². The fraction of sp³-hybridized carbons (Fsp3) is 0.500. The Morgan fingerprint density at radius 1 is 0.955 bits per heavy atom. The molecule has 14 heteroatoms. The van der Waals surface area contributed by atoms with Crippen LogP contribution in [0.15, 0.2) is 23.7 Å². The van der Waals surface area contributed by atoms with Crippen LogP contribution in [-0.4, -0.2) is 27.9 Å². The highest BCUT2D eigenvalue weighted by atomic mass is 32.2. The van der Waals surface area contributed by atoms with Crippen LogP contribution in [0.25, 0.3) is 0 Å². The van der Waals surface area contributed by atoms with Crippen LogP contribution in [0.4, 0.5) is 26.3 Å². The smallest absolute Gasteiger partial charge is 0.384 e. The second kappa shape index (κ2) is 5.64. The highest BCUT2D eigenvalue weighted by Gasteiger charge is 2.50. The van der Waals surface area contributed by atoms with Gasteiger partial charge in [-0.15, -0.1) is 0 Å². The van der Waals surface area contributed by atoms with E-state index in [1.54, 1.807) is 0 Å². The van der Waals surface area contributed by atoms with Crippen molar-refractivity contribution in [3.05, 3.63) is 23.7 Å². The third-order valence-electron chi connectivity index (χ3n) is 2.14. The van der Waals surface area contributed by atoms with Gasteiger partial charge in [0.2, 0.25) is 0 Å². The number of hydrogen-bond acceptors (Lipinski definition) is 6. The molecule has 0 unspecified atom stereocenters. The van der Waals surface area contributed by atoms with E-state index < -0.39 is 42.6 Å². The first-order valence-electron chi connectivity index (χ1n) is 5.07. The van der Waals surface area contributed by atoms with Gasteiger partial charge in [-0.05, 0) is 18.9 Å². The minimum Gasteiger partial charge on any atom is -0.384 e. The molecule has 0 atom stereocenters.